The van der Waals surface area contributed by atoms with E-state index in [9.17, 15) is 4.79 Å². The lowest BCUT2D eigenvalue weighted by Gasteiger charge is -2.36. The van der Waals surface area contributed by atoms with E-state index in [2.05, 4.69) is 31.2 Å². The van der Waals surface area contributed by atoms with Crippen LogP contribution in [0.3, 0.4) is 0 Å². The van der Waals surface area contributed by atoms with Crippen molar-refractivity contribution in [3.8, 4) is 5.75 Å². The monoisotopic (exact) mass is 395 g/mol. The number of nitrogens with one attached hydrogen (secondary N) is 1. The molecule has 1 aliphatic carbocycles. The van der Waals surface area contributed by atoms with Crippen LogP contribution in [0.1, 0.15) is 41.9 Å². The Bertz CT molecular complexity index is 858. The van der Waals surface area contributed by atoms with E-state index in [-0.39, 0.29) is 11.9 Å². The number of carbonyl (C=O) groups excluding carboxylic acids is 1. The molecule has 1 aliphatic heterocycles. The minimum absolute atomic E-state index is 0.0868. The lowest BCUT2D eigenvalue weighted by atomic mass is 10.2. The van der Waals surface area contributed by atoms with E-state index in [1.165, 1.54) is 12.8 Å². The zero-order valence-corrected chi connectivity index (χ0v) is 17.2. The molecule has 7 nitrogen and oxygen atoms in total. The molecule has 0 unspecified atom stereocenters. The molecule has 0 bridgehead atoms. The molecule has 1 saturated carbocycles. The van der Waals surface area contributed by atoms with Crippen LogP contribution < -0.4 is 19.9 Å². The highest BCUT2D eigenvalue weighted by atomic mass is 16.5. The van der Waals surface area contributed by atoms with Gasteiger partial charge in [0.25, 0.3) is 5.91 Å². The number of aryl methyl sites for hydroxylation is 1. The summed E-state index contributed by atoms with van der Waals surface area (Å²) in [6, 6.07) is 10.1. The van der Waals surface area contributed by atoms with Gasteiger partial charge in [-0.15, -0.1) is 0 Å². The van der Waals surface area contributed by atoms with Gasteiger partial charge in [0.1, 0.15) is 11.4 Å². The first-order valence-electron chi connectivity index (χ1n) is 10.4. The fourth-order valence-corrected chi connectivity index (χ4v) is 4.18. The maximum Gasteiger partial charge on any atom is 0.270 e. The van der Waals surface area contributed by atoms with Gasteiger partial charge in [0.05, 0.1) is 12.8 Å². The third-order valence-corrected chi connectivity index (χ3v) is 5.75. The maximum atomic E-state index is 12.7. The number of aromatic nitrogens is 2. The summed E-state index contributed by atoms with van der Waals surface area (Å²) < 4.78 is 5.50. The Morgan fingerprint density at radius 3 is 2.48 bits per heavy atom. The smallest absolute Gasteiger partial charge is 0.270 e. The zero-order valence-electron chi connectivity index (χ0n) is 17.2. The molecule has 0 spiro atoms. The summed E-state index contributed by atoms with van der Waals surface area (Å²) in [5.74, 6) is 1.44. The fraction of sp³-hybridized carbons (Fsp3) is 0.500. The van der Waals surface area contributed by atoms with Gasteiger partial charge in [0, 0.05) is 37.9 Å². The summed E-state index contributed by atoms with van der Waals surface area (Å²) in [6.45, 7) is 5.21. The standard InChI is InChI=1S/C22H29N5O2/c1-16-15-18(21(28)24-17-7-3-4-8-17)25-22(23-16)27-13-11-26(12-14-27)19-9-5-6-10-20(19)29-2/h5-6,9-10,15,17H,3-4,7-8,11-14H2,1-2H3,(H,24,28). The van der Waals surface area contributed by atoms with Gasteiger partial charge in [0.2, 0.25) is 5.95 Å². The van der Waals surface area contributed by atoms with Crippen molar-refractivity contribution in [2.24, 2.45) is 0 Å². The van der Waals surface area contributed by atoms with Crippen molar-refractivity contribution in [2.75, 3.05) is 43.1 Å². The number of hydrogen-bond acceptors (Lipinski definition) is 6. The van der Waals surface area contributed by atoms with Crippen molar-refractivity contribution in [1.82, 2.24) is 15.3 Å². The molecule has 2 fully saturated rings. The molecule has 2 heterocycles. The lowest BCUT2D eigenvalue weighted by molar-refractivity contribution is 0.0932. The van der Waals surface area contributed by atoms with Crippen LogP contribution in [0.2, 0.25) is 0 Å². The van der Waals surface area contributed by atoms with Gasteiger partial charge in [0.15, 0.2) is 0 Å². The number of anilines is 2. The number of para-hydroxylation sites is 2. The first kappa shape index (κ1) is 19.5. The molecule has 1 aromatic carbocycles. The van der Waals surface area contributed by atoms with E-state index >= 15 is 0 Å². The van der Waals surface area contributed by atoms with Gasteiger partial charge in [-0.3, -0.25) is 4.79 Å². The van der Waals surface area contributed by atoms with Gasteiger partial charge in [-0.25, -0.2) is 9.97 Å². The summed E-state index contributed by atoms with van der Waals surface area (Å²) >= 11 is 0. The van der Waals surface area contributed by atoms with E-state index < -0.39 is 0 Å². The third-order valence-electron chi connectivity index (χ3n) is 5.75. The number of piperazine rings is 1. The number of ether oxygens (including phenoxy) is 1. The number of nitrogens with zero attached hydrogens (tertiary/aromatic N) is 4. The van der Waals surface area contributed by atoms with Gasteiger partial charge in [-0.2, -0.15) is 0 Å². The number of hydrogen-bond donors (Lipinski definition) is 1. The SMILES string of the molecule is COc1ccccc1N1CCN(c2nc(C)cc(C(=O)NC3CCCC3)n2)CC1. The van der Waals surface area contributed by atoms with E-state index in [4.69, 9.17) is 4.74 Å². The van der Waals surface area contributed by atoms with Gasteiger partial charge < -0.3 is 19.9 Å². The summed E-state index contributed by atoms with van der Waals surface area (Å²) in [5, 5.41) is 3.12. The minimum Gasteiger partial charge on any atom is -0.495 e. The predicted octanol–water partition coefficient (Wildman–Crippen LogP) is 2.79. The molecular weight excluding hydrogens is 366 g/mol. The topological polar surface area (TPSA) is 70.6 Å². The lowest BCUT2D eigenvalue weighted by Crippen LogP contribution is -2.47. The van der Waals surface area contributed by atoms with E-state index in [0.29, 0.717) is 11.6 Å². The number of carbonyl (C=O) groups is 1. The molecule has 1 N–H and O–H groups in total. The first-order chi connectivity index (χ1) is 14.1. The van der Waals surface area contributed by atoms with E-state index in [0.717, 1.165) is 56.2 Å². The number of benzene rings is 1. The second-order valence-corrected chi connectivity index (χ2v) is 7.80. The molecule has 2 aliphatic rings. The summed E-state index contributed by atoms with van der Waals surface area (Å²) in [4.78, 5) is 26.3. The highest BCUT2D eigenvalue weighted by molar-refractivity contribution is 5.92. The summed E-state index contributed by atoms with van der Waals surface area (Å²) in [7, 11) is 1.70. The van der Waals surface area contributed by atoms with E-state index in [1.807, 2.05) is 25.1 Å². The Balaban J connectivity index is 1.44. The van der Waals surface area contributed by atoms with Crippen molar-refractivity contribution >= 4 is 17.5 Å². The molecule has 1 saturated heterocycles. The van der Waals surface area contributed by atoms with Crippen LogP contribution in [0, 0.1) is 6.92 Å². The van der Waals surface area contributed by atoms with Crippen LogP contribution in [0.15, 0.2) is 30.3 Å². The van der Waals surface area contributed by atoms with Crippen LogP contribution in [0.5, 0.6) is 5.75 Å². The molecule has 1 amide bonds. The van der Waals surface area contributed by atoms with Gasteiger partial charge >= 0.3 is 0 Å². The van der Waals surface area contributed by atoms with Crippen LogP contribution in [0.4, 0.5) is 11.6 Å². The zero-order chi connectivity index (χ0) is 20.2. The predicted molar refractivity (Wildman–Crippen MR) is 114 cm³/mol. The van der Waals surface area contributed by atoms with Crippen molar-refractivity contribution < 1.29 is 9.53 Å². The molecule has 7 heteroatoms. The second kappa shape index (κ2) is 8.68. The molecule has 29 heavy (non-hydrogen) atoms. The van der Waals surface area contributed by atoms with Crippen molar-refractivity contribution in [3.05, 3.63) is 41.7 Å². The average molecular weight is 396 g/mol. The Morgan fingerprint density at radius 1 is 1.07 bits per heavy atom. The first-order valence-corrected chi connectivity index (χ1v) is 10.4. The van der Waals surface area contributed by atoms with Crippen LogP contribution in [-0.4, -0.2) is 55.2 Å². The number of methoxy groups -OCH3 is 1. The average Bonchev–Trinajstić information content (AvgIpc) is 3.26. The number of rotatable bonds is 5. The van der Waals surface area contributed by atoms with Crippen LogP contribution >= 0.6 is 0 Å². The highest BCUT2D eigenvalue weighted by Gasteiger charge is 2.24. The Kier molecular flexibility index (Phi) is 5.83. The molecular formula is C22H29N5O2. The molecule has 1 aromatic heterocycles. The molecule has 4 rings (SSSR count). The normalized spacial score (nSPS) is 17.4. The Hall–Kier alpha value is -2.83. The van der Waals surface area contributed by atoms with Crippen LogP contribution in [-0.2, 0) is 0 Å². The van der Waals surface area contributed by atoms with Gasteiger partial charge in [-0.05, 0) is 38.0 Å². The summed E-state index contributed by atoms with van der Waals surface area (Å²) in [5.41, 5.74) is 2.39. The van der Waals surface area contributed by atoms with Gasteiger partial charge in [-0.1, -0.05) is 25.0 Å². The molecule has 0 atom stereocenters. The summed E-state index contributed by atoms with van der Waals surface area (Å²) in [6.07, 6.45) is 4.51. The maximum absolute atomic E-state index is 12.7. The molecule has 0 radical (unpaired) electrons. The molecule has 154 valence electrons. The Morgan fingerprint density at radius 2 is 1.76 bits per heavy atom. The van der Waals surface area contributed by atoms with Crippen molar-refractivity contribution in [1.29, 1.82) is 0 Å². The highest BCUT2D eigenvalue weighted by Crippen LogP contribution is 2.29. The quantitative estimate of drug-likeness (QED) is 0.840. The second-order valence-electron chi connectivity index (χ2n) is 7.80. The Labute approximate surface area is 172 Å². The number of amides is 1. The molecule has 2 aromatic rings. The third kappa shape index (κ3) is 4.44. The van der Waals surface area contributed by atoms with Crippen LogP contribution in [0.25, 0.3) is 0 Å². The van der Waals surface area contributed by atoms with Crippen molar-refractivity contribution in [3.63, 3.8) is 0 Å². The minimum atomic E-state index is -0.0868. The fourth-order valence-electron chi connectivity index (χ4n) is 4.18. The van der Waals surface area contributed by atoms with Crippen molar-refractivity contribution in [2.45, 2.75) is 38.6 Å². The van der Waals surface area contributed by atoms with E-state index in [1.54, 1.807) is 13.2 Å². The largest absolute Gasteiger partial charge is 0.495 e.